The van der Waals surface area contributed by atoms with E-state index in [2.05, 4.69) is 68.9 Å². The first-order chi connectivity index (χ1) is 13.0. The van der Waals surface area contributed by atoms with E-state index in [4.69, 9.17) is 4.74 Å². The lowest BCUT2D eigenvalue weighted by Gasteiger charge is -2.04. The van der Waals surface area contributed by atoms with Crippen LogP contribution in [-0.2, 0) is 0 Å². The van der Waals surface area contributed by atoms with Gasteiger partial charge in [-0.25, -0.2) is 0 Å². The van der Waals surface area contributed by atoms with Crippen molar-refractivity contribution in [3.8, 4) is 33.7 Å². The van der Waals surface area contributed by atoms with E-state index >= 15 is 0 Å². The van der Waals surface area contributed by atoms with Crippen LogP contribution in [0.5, 0.6) is 5.75 Å². The Morgan fingerprint density at radius 3 is 1.56 bits per heavy atom. The lowest BCUT2D eigenvalue weighted by Crippen LogP contribution is -1.90. The molecule has 2 nitrogen and oxygen atoms in total. The third-order valence-corrected chi connectivity index (χ3v) is 6.79. The van der Waals surface area contributed by atoms with Gasteiger partial charge in [-0.05, 0) is 75.2 Å². The second kappa shape index (κ2) is 7.02. The van der Waals surface area contributed by atoms with Crippen LogP contribution in [0.2, 0.25) is 0 Å². The number of thiophene rings is 2. The molecule has 138 valence electrons. The van der Waals surface area contributed by atoms with Gasteiger partial charge in [-0.1, -0.05) is 0 Å². The number of methoxy groups -OCH3 is 1. The predicted octanol–water partition coefficient (Wildman–Crippen LogP) is 7.18. The zero-order valence-electron chi connectivity index (χ0n) is 16.3. The molecular formula is C23H23NOS2. The van der Waals surface area contributed by atoms with Crippen LogP contribution in [0.3, 0.4) is 0 Å². The summed E-state index contributed by atoms with van der Waals surface area (Å²) in [4.78, 5) is 5.43. The maximum Gasteiger partial charge on any atom is 0.119 e. The molecule has 4 rings (SSSR count). The number of benzene rings is 1. The monoisotopic (exact) mass is 393 g/mol. The van der Waals surface area contributed by atoms with Crippen LogP contribution in [-0.4, -0.2) is 11.7 Å². The Balaban J connectivity index is 1.91. The van der Waals surface area contributed by atoms with E-state index < -0.39 is 0 Å². The topological polar surface area (TPSA) is 14.2 Å². The highest BCUT2D eigenvalue weighted by molar-refractivity contribution is 7.12. The minimum Gasteiger partial charge on any atom is -0.497 e. The molecule has 4 heteroatoms. The highest BCUT2D eigenvalue weighted by Gasteiger charge is 2.18. The Kier molecular flexibility index (Phi) is 4.70. The van der Waals surface area contributed by atoms with Crippen molar-refractivity contribution in [2.45, 2.75) is 27.7 Å². The lowest BCUT2D eigenvalue weighted by molar-refractivity contribution is 0.415. The molecule has 0 bridgehead atoms. The highest BCUT2D eigenvalue weighted by Crippen LogP contribution is 2.41. The van der Waals surface area contributed by atoms with E-state index in [1.807, 2.05) is 34.8 Å². The third kappa shape index (κ3) is 3.35. The number of ether oxygens (including phenoxy) is 1. The molecule has 0 aliphatic rings. The van der Waals surface area contributed by atoms with E-state index in [0.29, 0.717) is 0 Å². The van der Waals surface area contributed by atoms with Gasteiger partial charge in [0.1, 0.15) is 5.75 Å². The summed E-state index contributed by atoms with van der Waals surface area (Å²) in [5.41, 5.74) is 6.41. The maximum absolute atomic E-state index is 5.30. The minimum atomic E-state index is 0.875. The second-order valence-electron chi connectivity index (χ2n) is 6.84. The van der Waals surface area contributed by atoms with Crippen molar-refractivity contribution < 1.29 is 4.74 Å². The summed E-state index contributed by atoms with van der Waals surface area (Å²) in [6.07, 6.45) is 4.52. The molecule has 0 N–H and O–H groups in total. The Labute approximate surface area is 168 Å². The fraction of sp³-hybridized carbons (Fsp3) is 0.217. The molecule has 27 heavy (non-hydrogen) atoms. The predicted molar refractivity (Wildman–Crippen MR) is 118 cm³/mol. The first kappa shape index (κ1) is 18.1. The SMILES string of the molecule is COc1ccc(-n2cc(-c3cc(C)sc3C)c(-c3cc(C)sc3C)c2)cc1. The fourth-order valence-electron chi connectivity index (χ4n) is 3.58. The molecule has 0 amide bonds. The molecule has 0 aliphatic carbocycles. The van der Waals surface area contributed by atoms with Gasteiger partial charge in [0.25, 0.3) is 0 Å². The summed E-state index contributed by atoms with van der Waals surface area (Å²) in [6, 6.07) is 12.8. The third-order valence-electron chi connectivity index (χ3n) is 4.86. The number of rotatable bonds is 4. The van der Waals surface area contributed by atoms with Crippen LogP contribution in [0.4, 0.5) is 0 Å². The average Bonchev–Trinajstić information content (AvgIpc) is 3.31. The number of hydrogen-bond acceptors (Lipinski definition) is 3. The molecule has 3 heterocycles. The van der Waals surface area contributed by atoms with Crippen molar-refractivity contribution >= 4 is 22.7 Å². The van der Waals surface area contributed by atoms with Crippen molar-refractivity contribution in [2.75, 3.05) is 7.11 Å². The summed E-state index contributed by atoms with van der Waals surface area (Å²) in [6.45, 7) is 8.79. The number of aromatic nitrogens is 1. The van der Waals surface area contributed by atoms with Crippen LogP contribution >= 0.6 is 22.7 Å². The van der Waals surface area contributed by atoms with Gasteiger partial charge in [0.05, 0.1) is 7.11 Å². The first-order valence-electron chi connectivity index (χ1n) is 8.97. The fourth-order valence-corrected chi connectivity index (χ4v) is 5.46. The summed E-state index contributed by atoms with van der Waals surface area (Å²) in [7, 11) is 1.70. The summed E-state index contributed by atoms with van der Waals surface area (Å²) in [5, 5.41) is 0. The number of nitrogens with zero attached hydrogens (tertiary/aromatic N) is 1. The van der Waals surface area contributed by atoms with E-state index in [-0.39, 0.29) is 0 Å². The molecule has 1 aromatic carbocycles. The summed E-state index contributed by atoms with van der Waals surface area (Å²) >= 11 is 3.73. The number of aryl methyl sites for hydroxylation is 4. The number of hydrogen-bond donors (Lipinski definition) is 0. The zero-order valence-corrected chi connectivity index (χ0v) is 17.9. The molecule has 0 fully saturated rings. The molecule has 0 atom stereocenters. The van der Waals surface area contributed by atoms with E-state index in [0.717, 1.165) is 11.4 Å². The van der Waals surface area contributed by atoms with Crippen LogP contribution in [0, 0.1) is 27.7 Å². The lowest BCUT2D eigenvalue weighted by atomic mass is 10.00. The van der Waals surface area contributed by atoms with Crippen molar-refractivity contribution in [1.29, 1.82) is 0 Å². The van der Waals surface area contributed by atoms with Crippen molar-refractivity contribution in [3.05, 3.63) is 68.3 Å². The maximum atomic E-state index is 5.30. The largest absolute Gasteiger partial charge is 0.497 e. The molecule has 0 radical (unpaired) electrons. The Bertz CT molecular complexity index is 1030. The first-order valence-corrected chi connectivity index (χ1v) is 10.6. The van der Waals surface area contributed by atoms with Crippen LogP contribution in [0.15, 0.2) is 48.8 Å². The Morgan fingerprint density at radius 1 is 0.704 bits per heavy atom. The normalized spacial score (nSPS) is 11.1. The highest BCUT2D eigenvalue weighted by atomic mass is 32.1. The van der Waals surface area contributed by atoms with Gasteiger partial charge in [-0.15, -0.1) is 22.7 Å². The van der Waals surface area contributed by atoms with Crippen LogP contribution in [0.25, 0.3) is 27.9 Å². The molecule has 0 unspecified atom stereocenters. The molecule has 0 saturated carbocycles. The van der Waals surface area contributed by atoms with Gasteiger partial charge in [0, 0.05) is 48.7 Å². The van der Waals surface area contributed by atoms with Crippen LogP contribution < -0.4 is 4.74 Å². The van der Waals surface area contributed by atoms with Crippen molar-refractivity contribution in [1.82, 2.24) is 4.57 Å². The van der Waals surface area contributed by atoms with Crippen molar-refractivity contribution in [2.24, 2.45) is 0 Å². The summed E-state index contributed by atoms with van der Waals surface area (Å²) in [5.74, 6) is 0.875. The minimum absolute atomic E-state index is 0.875. The van der Waals surface area contributed by atoms with Gasteiger partial charge in [-0.3, -0.25) is 0 Å². The molecule has 0 spiro atoms. The molecule has 3 aromatic heterocycles. The quantitative estimate of drug-likeness (QED) is 0.358. The summed E-state index contributed by atoms with van der Waals surface area (Å²) < 4.78 is 7.53. The Morgan fingerprint density at radius 2 is 1.19 bits per heavy atom. The van der Waals surface area contributed by atoms with Crippen molar-refractivity contribution in [3.63, 3.8) is 0 Å². The zero-order chi connectivity index (χ0) is 19.1. The second-order valence-corrected chi connectivity index (χ2v) is 9.77. The standard InChI is InChI=1S/C23H23NOS2/c1-14-10-20(16(3)26-14)22-12-24(18-6-8-19(25-5)9-7-18)13-23(22)21-11-15(2)27-17(21)4/h6-13H,1-5H3. The molecule has 0 aliphatic heterocycles. The molecular weight excluding hydrogens is 370 g/mol. The van der Waals surface area contributed by atoms with E-state index in [1.54, 1.807) is 7.11 Å². The van der Waals surface area contributed by atoms with Gasteiger partial charge in [0.15, 0.2) is 0 Å². The average molecular weight is 394 g/mol. The molecule has 0 saturated heterocycles. The van der Waals surface area contributed by atoms with Gasteiger partial charge >= 0.3 is 0 Å². The van der Waals surface area contributed by atoms with Gasteiger partial charge in [-0.2, -0.15) is 0 Å². The van der Waals surface area contributed by atoms with Crippen LogP contribution in [0.1, 0.15) is 19.5 Å². The van der Waals surface area contributed by atoms with E-state index in [9.17, 15) is 0 Å². The smallest absolute Gasteiger partial charge is 0.119 e. The van der Waals surface area contributed by atoms with Gasteiger partial charge in [0.2, 0.25) is 0 Å². The van der Waals surface area contributed by atoms with Gasteiger partial charge < -0.3 is 9.30 Å². The molecule has 4 aromatic rings. The Hall–Kier alpha value is -2.30. The van der Waals surface area contributed by atoms with E-state index in [1.165, 1.54) is 41.8 Å².